The van der Waals surface area contributed by atoms with E-state index < -0.39 is 4.92 Å². The molecule has 3 aromatic rings. The highest BCUT2D eigenvalue weighted by Gasteiger charge is 2.15. The number of aromatic amines is 1. The lowest BCUT2D eigenvalue weighted by Gasteiger charge is -2.29. The second kappa shape index (κ2) is 4.59. The van der Waals surface area contributed by atoms with Crippen molar-refractivity contribution in [3.8, 4) is 0 Å². The molecule has 1 N–H and O–H groups in total. The molecule has 2 heterocycles. The van der Waals surface area contributed by atoms with E-state index in [1.807, 2.05) is 0 Å². The van der Waals surface area contributed by atoms with Gasteiger partial charge in [-0.25, -0.2) is 0 Å². The highest BCUT2D eigenvalue weighted by atomic mass is 16.6. The summed E-state index contributed by atoms with van der Waals surface area (Å²) in [6, 6.07) is 6.04. The second-order valence-corrected chi connectivity index (χ2v) is 4.06. The van der Waals surface area contributed by atoms with Crippen LogP contribution in [0.25, 0.3) is 10.9 Å². The number of nitrogens with one attached hydrogen (secondary N) is 1. The first-order valence-electron chi connectivity index (χ1n) is 5.65. The highest BCUT2D eigenvalue weighted by molar-refractivity contribution is 5.84. The number of aromatic nitrogens is 3. The Hall–Kier alpha value is -3.00. The van der Waals surface area contributed by atoms with E-state index >= 15 is 0 Å². The monoisotopic (exact) mass is 270 g/mol. The van der Waals surface area contributed by atoms with Crippen molar-refractivity contribution in [3.05, 3.63) is 58.2 Å². The molecule has 3 rings (SSSR count). The Balaban J connectivity index is 2.07. The number of nitro groups is 1. The smallest absolute Gasteiger partial charge is 0.295 e. The third-order valence-corrected chi connectivity index (χ3v) is 2.85. The summed E-state index contributed by atoms with van der Waals surface area (Å²) in [6.45, 7) is 0. The average Bonchev–Trinajstić information content (AvgIpc) is 2.93. The van der Waals surface area contributed by atoms with Gasteiger partial charge in [0.05, 0.1) is 22.8 Å². The van der Waals surface area contributed by atoms with Crippen LogP contribution in [0, 0.1) is 15.3 Å². The Morgan fingerprint density at radius 1 is 1.25 bits per heavy atom. The first kappa shape index (κ1) is 12.1. The van der Waals surface area contributed by atoms with Crippen molar-refractivity contribution in [3.63, 3.8) is 0 Å². The summed E-state index contributed by atoms with van der Waals surface area (Å²) in [4.78, 5) is 14.1. The number of anilines is 2. The standard InChI is InChI=1S/C12H8N5O3/c18-16(12-7-13-4-3-11(12)17(19)20)9-1-2-10-8(5-9)6-14-15-10/h1-7H,(H,14,15)/q-1. The molecule has 0 aliphatic heterocycles. The molecule has 20 heavy (non-hydrogen) atoms. The molecule has 0 bridgehead atoms. The average molecular weight is 270 g/mol. The molecule has 0 saturated carbocycles. The maximum atomic E-state index is 12.3. The van der Waals surface area contributed by atoms with Crippen LogP contribution >= 0.6 is 0 Å². The van der Waals surface area contributed by atoms with Gasteiger partial charge in [-0.05, 0) is 18.2 Å². The third-order valence-electron chi connectivity index (χ3n) is 2.85. The van der Waals surface area contributed by atoms with Gasteiger partial charge in [0.25, 0.3) is 5.69 Å². The Bertz CT molecular complexity index is 785. The van der Waals surface area contributed by atoms with Crippen LogP contribution in [0.3, 0.4) is 0 Å². The fourth-order valence-electron chi connectivity index (χ4n) is 1.89. The Morgan fingerprint density at radius 2 is 2.10 bits per heavy atom. The van der Waals surface area contributed by atoms with E-state index in [2.05, 4.69) is 15.2 Å². The van der Waals surface area contributed by atoms with Crippen LogP contribution in [0.4, 0.5) is 17.1 Å². The first-order chi connectivity index (χ1) is 9.66. The number of pyridine rings is 1. The normalized spacial score (nSPS) is 10.7. The predicted molar refractivity (Wildman–Crippen MR) is 72.5 cm³/mol. The first-order valence-corrected chi connectivity index (χ1v) is 5.65. The van der Waals surface area contributed by atoms with Crippen molar-refractivity contribution in [1.82, 2.24) is 15.2 Å². The number of rotatable bonds is 3. The molecule has 8 heteroatoms. The van der Waals surface area contributed by atoms with Gasteiger partial charge in [-0.1, -0.05) is 0 Å². The van der Waals surface area contributed by atoms with Crippen LogP contribution < -0.4 is 5.06 Å². The van der Waals surface area contributed by atoms with Crippen LogP contribution in [-0.2, 0) is 0 Å². The van der Waals surface area contributed by atoms with Crippen molar-refractivity contribution >= 4 is 28.0 Å². The quantitative estimate of drug-likeness (QED) is 0.578. The van der Waals surface area contributed by atoms with Crippen LogP contribution in [0.1, 0.15) is 0 Å². The van der Waals surface area contributed by atoms with Gasteiger partial charge >= 0.3 is 0 Å². The van der Waals surface area contributed by atoms with Crippen molar-refractivity contribution in [1.29, 1.82) is 0 Å². The zero-order valence-corrected chi connectivity index (χ0v) is 10.1. The summed E-state index contributed by atoms with van der Waals surface area (Å²) < 4.78 is 0. The maximum absolute atomic E-state index is 12.3. The van der Waals surface area contributed by atoms with E-state index in [9.17, 15) is 15.3 Å². The van der Waals surface area contributed by atoms with E-state index in [4.69, 9.17) is 0 Å². The zero-order valence-electron chi connectivity index (χ0n) is 10.1. The summed E-state index contributed by atoms with van der Waals surface area (Å²) >= 11 is 0. The molecular formula is C12H8N5O3-. The summed E-state index contributed by atoms with van der Waals surface area (Å²) in [5.41, 5.74) is 0.653. The second-order valence-electron chi connectivity index (χ2n) is 4.06. The van der Waals surface area contributed by atoms with Gasteiger partial charge in [0.2, 0.25) is 0 Å². The van der Waals surface area contributed by atoms with E-state index in [-0.39, 0.29) is 17.1 Å². The van der Waals surface area contributed by atoms with Gasteiger partial charge in [-0.15, -0.1) is 0 Å². The van der Waals surface area contributed by atoms with Crippen molar-refractivity contribution < 1.29 is 4.92 Å². The minimum absolute atomic E-state index is 0.111. The number of benzene rings is 1. The molecule has 2 aromatic heterocycles. The molecule has 0 atom stereocenters. The Labute approximate surface area is 112 Å². The van der Waals surface area contributed by atoms with Crippen LogP contribution in [-0.4, -0.2) is 20.1 Å². The lowest BCUT2D eigenvalue weighted by molar-refractivity contribution is -0.384. The Kier molecular flexibility index (Phi) is 2.77. The van der Waals surface area contributed by atoms with E-state index in [0.717, 1.165) is 10.9 Å². The third kappa shape index (κ3) is 1.93. The van der Waals surface area contributed by atoms with Gasteiger partial charge in [-0.3, -0.25) is 20.2 Å². The van der Waals surface area contributed by atoms with Gasteiger partial charge < -0.3 is 10.3 Å². The van der Waals surface area contributed by atoms with Crippen LogP contribution in [0.15, 0.2) is 42.9 Å². The van der Waals surface area contributed by atoms with Crippen LogP contribution in [0.2, 0.25) is 0 Å². The lowest BCUT2D eigenvalue weighted by atomic mass is 10.2. The minimum atomic E-state index is -0.613. The molecule has 0 aliphatic carbocycles. The molecule has 0 unspecified atom stereocenters. The number of nitrogens with zero attached hydrogens (tertiary/aromatic N) is 4. The maximum Gasteiger partial charge on any atom is 0.295 e. The molecule has 0 amide bonds. The molecular weight excluding hydrogens is 262 g/mol. The number of hydrogen-bond donors (Lipinski definition) is 1. The fourth-order valence-corrected chi connectivity index (χ4v) is 1.89. The van der Waals surface area contributed by atoms with Gasteiger partial charge in [-0.2, -0.15) is 5.10 Å². The summed E-state index contributed by atoms with van der Waals surface area (Å²) in [6.07, 6.45) is 4.02. The topological polar surface area (TPSA) is 111 Å². The zero-order chi connectivity index (χ0) is 14.1. The van der Waals surface area contributed by atoms with Crippen molar-refractivity contribution in [2.24, 2.45) is 0 Å². The van der Waals surface area contributed by atoms with E-state index in [0.29, 0.717) is 5.06 Å². The molecule has 0 spiro atoms. The molecule has 0 radical (unpaired) electrons. The molecule has 1 aromatic carbocycles. The molecule has 100 valence electrons. The molecule has 0 saturated heterocycles. The predicted octanol–water partition coefficient (Wildman–Crippen LogP) is 2.50. The van der Waals surface area contributed by atoms with Crippen molar-refractivity contribution in [2.45, 2.75) is 0 Å². The number of fused-ring (bicyclic) bond motifs is 1. The Morgan fingerprint density at radius 3 is 2.90 bits per heavy atom. The lowest BCUT2D eigenvalue weighted by Crippen LogP contribution is -2.09. The van der Waals surface area contributed by atoms with Gasteiger partial charge in [0, 0.05) is 23.3 Å². The van der Waals surface area contributed by atoms with Crippen molar-refractivity contribution in [2.75, 3.05) is 5.06 Å². The fraction of sp³-hybridized carbons (Fsp3) is 0. The highest BCUT2D eigenvalue weighted by Crippen LogP contribution is 2.32. The minimum Gasteiger partial charge on any atom is -0.754 e. The summed E-state index contributed by atoms with van der Waals surface area (Å²) in [7, 11) is 0. The summed E-state index contributed by atoms with van der Waals surface area (Å²) in [5.74, 6) is 0. The van der Waals surface area contributed by atoms with Crippen LogP contribution in [0.5, 0.6) is 0 Å². The SMILES string of the molecule is O=[N+]([O-])c1ccncc1N([O-])c1ccc2[nH]ncc2c1. The van der Waals surface area contributed by atoms with Gasteiger partial charge in [0.1, 0.15) is 5.69 Å². The summed E-state index contributed by atoms with van der Waals surface area (Å²) in [5, 5.41) is 31.1. The largest absolute Gasteiger partial charge is 0.754 e. The molecule has 0 aliphatic rings. The number of hydrogen-bond acceptors (Lipinski definition) is 6. The molecule has 8 nitrogen and oxygen atoms in total. The molecule has 0 fully saturated rings. The van der Waals surface area contributed by atoms with E-state index in [1.165, 1.54) is 18.5 Å². The number of H-pyrrole nitrogens is 1. The van der Waals surface area contributed by atoms with E-state index in [1.54, 1.807) is 24.4 Å². The van der Waals surface area contributed by atoms with Gasteiger partial charge in [0.15, 0.2) is 0 Å².